The Bertz CT molecular complexity index is 367. The van der Waals surface area contributed by atoms with Gasteiger partial charge in [-0.15, -0.1) is 0 Å². The molecule has 17 heavy (non-hydrogen) atoms. The third-order valence-electron chi connectivity index (χ3n) is 3.50. The summed E-state index contributed by atoms with van der Waals surface area (Å²) in [7, 11) is 0. The van der Waals surface area contributed by atoms with Gasteiger partial charge in [0.05, 0.1) is 13.2 Å². The predicted molar refractivity (Wildman–Crippen MR) is 71.6 cm³/mol. The molecule has 2 heteroatoms. The molecule has 1 atom stereocenters. The number of hydrogen-bond donors (Lipinski definition) is 1. The lowest BCUT2D eigenvalue weighted by molar-refractivity contribution is 0.0769. The van der Waals surface area contributed by atoms with Crippen LogP contribution in [0.1, 0.15) is 36.5 Å². The molecule has 1 saturated heterocycles. The Kier molecular flexibility index (Phi) is 4.19. The van der Waals surface area contributed by atoms with Gasteiger partial charge in [0.1, 0.15) is 0 Å². The van der Waals surface area contributed by atoms with Crippen LogP contribution >= 0.6 is 0 Å². The van der Waals surface area contributed by atoms with Crippen LogP contribution in [0.4, 0.5) is 0 Å². The van der Waals surface area contributed by atoms with Crippen molar-refractivity contribution in [2.24, 2.45) is 0 Å². The highest BCUT2D eigenvalue weighted by atomic mass is 16.5. The molecular weight excluding hydrogens is 210 g/mol. The fourth-order valence-electron chi connectivity index (χ4n) is 2.29. The summed E-state index contributed by atoms with van der Waals surface area (Å²) >= 11 is 0. The second-order valence-corrected chi connectivity index (χ2v) is 5.27. The first-order chi connectivity index (χ1) is 8.16. The Morgan fingerprint density at radius 1 is 1.41 bits per heavy atom. The van der Waals surface area contributed by atoms with Crippen molar-refractivity contribution >= 4 is 0 Å². The molecule has 1 fully saturated rings. The summed E-state index contributed by atoms with van der Waals surface area (Å²) in [5.41, 5.74) is 4.28. The van der Waals surface area contributed by atoms with Crippen molar-refractivity contribution in [1.29, 1.82) is 0 Å². The minimum atomic E-state index is 0.477. The molecule has 0 saturated carbocycles. The van der Waals surface area contributed by atoms with E-state index in [9.17, 15) is 0 Å². The van der Waals surface area contributed by atoms with Crippen molar-refractivity contribution < 1.29 is 4.74 Å². The lowest BCUT2D eigenvalue weighted by Crippen LogP contribution is -2.42. The Morgan fingerprint density at radius 2 is 2.24 bits per heavy atom. The van der Waals surface area contributed by atoms with Gasteiger partial charge in [0.15, 0.2) is 0 Å². The number of ether oxygens (including phenoxy) is 1. The second kappa shape index (κ2) is 5.65. The quantitative estimate of drug-likeness (QED) is 0.866. The third-order valence-corrected chi connectivity index (χ3v) is 3.50. The van der Waals surface area contributed by atoms with Gasteiger partial charge in [0, 0.05) is 12.6 Å². The van der Waals surface area contributed by atoms with Crippen LogP contribution in [0, 0.1) is 6.92 Å². The zero-order valence-electron chi connectivity index (χ0n) is 11.1. The maximum Gasteiger partial charge on any atom is 0.0623 e. The lowest BCUT2D eigenvalue weighted by atomic mass is 9.94. The molecule has 0 aliphatic carbocycles. The highest BCUT2D eigenvalue weighted by Gasteiger charge is 2.15. The Labute approximate surface area is 104 Å². The number of benzene rings is 1. The molecule has 1 N–H and O–H groups in total. The maximum absolute atomic E-state index is 5.51. The highest BCUT2D eigenvalue weighted by molar-refractivity contribution is 5.33. The number of morpholine rings is 1. The molecule has 1 aromatic rings. The SMILES string of the molecule is Cc1ccc(C(C)C)cc1CC1COCCN1. The summed E-state index contributed by atoms with van der Waals surface area (Å²) in [6, 6.07) is 7.32. The fraction of sp³-hybridized carbons (Fsp3) is 0.600. The van der Waals surface area contributed by atoms with Crippen LogP contribution in [0.25, 0.3) is 0 Å². The number of aryl methyl sites for hydroxylation is 1. The second-order valence-electron chi connectivity index (χ2n) is 5.27. The monoisotopic (exact) mass is 233 g/mol. The van der Waals surface area contributed by atoms with Gasteiger partial charge in [0.25, 0.3) is 0 Å². The first-order valence-electron chi connectivity index (χ1n) is 6.57. The minimum Gasteiger partial charge on any atom is -0.379 e. The molecule has 0 spiro atoms. The van der Waals surface area contributed by atoms with Crippen LogP contribution in [0.2, 0.25) is 0 Å². The van der Waals surface area contributed by atoms with Gasteiger partial charge < -0.3 is 10.1 Å². The summed E-state index contributed by atoms with van der Waals surface area (Å²) in [6.07, 6.45) is 1.08. The van der Waals surface area contributed by atoms with E-state index in [0.29, 0.717) is 12.0 Å². The summed E-state index contributed by atoms with van der Waals surface area (Å²) < 4.78 is 5.51. The molecule has 1 aliphatic heterocycles. The van der Waals surface area contributed by atoms with E-state index in [1.807, 2.05) is 0 Å². The molecule has 1 aliphatic rings. The number of hydrogen-bond acceptors (Lipinski definition) is 2. The summed E-state index contributed by atoms with van der Waals surface area (Å²) in [5, 5.41) is 3.52. The van der Waals surface area contributed by atoms with Crippen molar-refractivity contribution in [2.75, 3.05) is 19.8 Å². The zero-order valence-corrected chi connectivity index (χ0v) is 11.1. The normalized spacial score (nSPS) is 20.8. The molecule has 1 heterocycles. The van der Waals surface area contributed by atoms with Crippen molar-refractivity contribution in [3.8, 4) is 0 Å². The predicted octanol–water partition coefficient (Wildman–Crippen LogP) is 2.65. The van der Waals surface area contributed by atoms with E-state index < -0.39 is 0 Å². The summed E-state index contributed by atoms with van der Waals surface area (Å²) in [6.45, 7) is 9.36. The molecule has 1 aromatic carbocycles. The van der Waals surface area contributed by atoms with Gasteiger partial charge in [0.2, 0.25) is 0 Å². The fourth-order valence-corrected chi connectivity index (χ4v) is 2.29. The topological polar surface area (TPSA) is 21.3 Å². The van der Waals surface area contributed by atoms with Crippen LogP contribution in [0.5, 0.6) is 0 Å². The Hall–Kier alpha value is -0.860. The summed E-state index contributed by atoms with van der Waals surface area (Å²) in [4.78, 5) is 0. The van der Waals surface area contributed by atoms with Crippen LogP contribution in [0.15, 0.2) is 18.2 Å². The van der Waals surface area contributed by atoms with E-state index in [0.717, 1.165) is 26.2 Å². The van der Waals surface area contributed by atoms with Gasteiger partial charge in [-0.2, -0.15) is 0 Å². The van der Waals surface area contributed by atoms with E-state index in [2.05, 4.69) is 44.3 Å². The standard InChI is InChI=1S/C15H23NO/c1-11(2)13-5-4-12(3)14(8-13)9-15-10-17-7-6-16-15/h4-5,8,11,15-16H,6-7,9-10H2,1-3H3. The smallest absolute Gasteiger partial charge is 0.0623 e. The van der Waals surface area contributed by atoms with E-state index in [-0.39, 0.29) is 0 Å². The van der Waals surface area contributed by atoms with Gasteiger partial charge in [-0.3, -0.25) is 0 Å². The summed E-state index contributed by atoms with van der Waals surface area (Å²) in [5.74, 6) is 0.602. The van der Waals surface area contributed by atoms with Crippen molar-refractivity contribution in [1.82, 2.24) is 5.32 Å². The first-order valence-corrected chi connectivity index (χ1v) is 6.57. The molecule has 0 aromatic heterocycles. The van der Waals surface area contributed by atoms with Crippen molar-refractivity contribution in [2.45, 2.75) is 39.2 Å². The molecule has 2 rings (SSSR count). The van der Waals surface area contributed by atoms with Gasteiger partial charge >= 0.3 is 0 Å². The van der Waals surface area contributed by atoms with E-state index in [1.54, 1.807) is 0 Å². The minimum absolute atomic E-state index is 0.477. The maximum atomic E-state index is 5.51. The van der Waals surface area contributed by atoms with Gasteiger partial charge in [-0.05, 0) is 36.0 Å². The van der Waals surface area contributed by atoms with Crippen molar-refractivity contribution in [3.05, 3.63) is 34.9 Å². The Balaban J connectivity index is 2.10. The largest absolute Gasteiger partial charge is 0.379 e. The molecule has 0 bridgehead atoms. The molecule has 0 amide bonds. The Morgan fingerprint density at radius 3 is 2.88 bits per heavy atom. The van der Waals surface area contributed by atoms with Gasteiger partial charge in [-0.1, -0.05) is 32.0 Å². The van der Waals surface area contributed by atoms with E-state index >= 15 is 0 Å². The lowest BCUT2D eigenvalue weighted by Gasteiger charge is -2.24. The molecular formula is C15H23NO. The van der Waals surface area contributed by atoms with E-state index in [4.69, 9.17) is 4.74 Å². The van der Waals surface area contributed by atoms with Crippen LogP contribution in [-0.2, 0) is 11.2 Å². The van der Waals surface area contributed by atoms with Crippen molar-refractivity contribution in [3.63, 3.8) is 0 Å². The number of rotatable bonds is 3. The molecule has 2 nitrogen and oxygen atoms in total. The van der Waals surface area contributed by atoms with E-state index in [1.165, 1.54) is 16.7 Å². The van der Waals surface area contributed by atoms with Crippen LogP contribution < -0.4 is 5.32 Å². The van der Waals surface area contributed by atoms with Gasteiger partial charge in [-0.25, -0.2) is 0 Å². The molecule has 1 unspecified atom stereocenters. The average molecular weight is 233 g/mol. The third kappa shape index (κ3) is 3.30. The van der Waals surface area contributed by atoms with Crippen LogP contribution in [0.3, 0.4) is 0 Å². The number of nitrogens with one attached hydrogen (secondary N) is 1. The zero-order chi connectivity index (χ0) is 12.3. The first kappa shape index (κ1) is 12.6. The molecule has 94 valence electrons. The molecule has 0 radical (unpaired) electrons. The average Bonchev–Trinajstić information content (AvgIpc) is 2.33. The highest BCUT2D eigenvalue weighted by Crippen LogP contribution is 2.20. The van der Waals surface area contributed by atoms with Crippen LogP contribution in [-0.4, -0.2) is 25.8 Å².